The SMILES string of the molecule is COc1ccc(C(CC(C)C)NC(=O)C2CCN(S(=O)(=O)c3ccc(F)cc3)CC2)cc1. The van der Waals surface area contributed by atoms with Gasteiger partial charge in [0.1, 0.15) is 11.6 Å². The number of ether oxygens (including phenoxy) is 1. The Labute approximate surface area is 189 Å². The van der Waals surface area contributed by atoms with Crippen LogP contribution in [0.3, 0.4) is 0 Å². The standard InChI is InChI=1S/C24H31FN2O4S/c1-17(2)16-23(18-4-8-21(31-3)9-5-18)26-24(28)19-12-14-27(15-13-19)32(29,30)22-10-6-20(25)7-11-22/h4-11,17,19,23H,12-16H2,1-3H3,(H,26,28). The number of carbonyl (C=O) groups is 1. The highest BCUT2D eigenvalue weighted by molar-refractivity contribution is 7.89. The van der Waals surface area contributed by atoms with Crippen molar-refractivity contribution in [2.45, 2.75) is 44.0 Å². The third-order valence-electron chi connectivity index (χ3n) is 5.82. The molecule has 1 aliphatic heterocycles. The molecule has 1 atom stereocenters. The monoisotopic (exact) mass is 462 g/mol. The molecule has 2 aromatic rings. The molecule has 1 aliphatic rings. The number of nitrogens with one attached hydrogen (secondary N) is 1. The van der Waals surface area contributed by atoms with E-state index in [1.807, 2.05) is 24.3 Å². The van der Waals surface area contributed by atoms with E-state index in [2.05, 4.69) is 19.2 Å². The number of piperidine rings is 1. The second-order valence-electron chi connectivity index (χ2n) is 8.60. The van der Waals surface area contributed by atoms with Gasteiger partial charge in [-0.1, -0.05) is 26.0 Å². The number of nitrogens with zero attached hydrogens (tertiary/aromatic N) is 1. The summed E-state index contributed by atoms with van der Waals surface area (Å²) >= 11 is 0. The first kappa shape index (κ1) is 24.2. The molecule has 0 aliphatic carbocycles. The summed E-state index contributed by atoms with van der Waals surface area (Å²) in [5.41, 5.74) is 1.02. The molecule has 174 valence electrons. The maximum absolute atomic E-state index is 13.1. The van der Waals surface area contributed by atoms with E-state index in [1.54, 1.807) is 7.11 Å². The minimum absolute atomic E-state index is 0.0506. The van der Waals surface area contributed by atoms with Crippen LogP contribution in [-0.4, -0.2) is 38.8 Å². The van der Waals surface area contributed by atoms with Gasteiger partial charge in [0, 0.05) is 19.0 Å². The molecule has 0 spiro atoms. The summed E-state index contributed by atoms with van der Waals surface area (Å²) in [5.74, 6) is 0.378. The normalized spacial score (nSPS) is 16.7. The van der Waals surface area contributed by atoms with Gasteiger partial charge in [-0.25, -0.2) is 12.8 Å². The highest BCUT2D eigenvalue weighted by Crippen LogP contribution is 2.27. The van der Waals surface area contributed by atoms with Gasteiger partial charge in [-0.2, -0.15) is 4.31 Å². The Morgan fingerprint density at radius 1 is 1.09 bits per heavy atom. The third kappa shape index (κ3) is 5.86. The Hall–Kier alpha value is -2.45. The molecule has 6 nitrogen and oxygen atoms in total. The molecule has 1 amide bonds. The predicted octanol–water partition coefficient (Wildman–Crippen LogP) is 4.14. The summed E-state index contributed by atoms with van der Waals surface area (Å²) in [7, 11) is -2.08. The molecule has 32 heavy (non-hydrogen) atoms. The number of methoxy groups -OCH3 is 1. The highest BCUT2D eigenvalue weighted by atomic mass is 32.2. The molecular formula is C24H31FN2O4S. The molecule has 3 rings (SSSR count). The zero-order valence-corrected chi connectivity index (χ0v) is 19.6. The van der Waals surface area contributed by atoms with Crippen LogP contribution >= 0.6 is 0 Å². The Morgan fingerprint density at radius 2 is 1.69 bits per heavy atom. The molecule has 0 bridgehead atoms. The van der Waals surface area contributed by atoms with E-state index >= 15 is 0 Å². The van der Waals surface area contributed by atoms with Crippen LogP contribution in [0.25, 0.3) is 0 Å². The van der Waals surface area contributed by atoms with Gasteiger partial charge < -0.3 is 10.1 Å². The van der Waals surface area contributed by atoms with Crippen LogP contribution in [0.5, 0.6) is 5.75 Å². The summed E-state index contributed by atoms with van der Waals surface area (Å²) in [5, 5.41) is 3.17. The fourth-order valence-corrected chi connectivity index (χ4v) is 5.46. The van der Waals surface area contributed by atoms with Gasteiger partial charge in [0.15, 0.2) is 0 Å². The first-order valence-corrected chi connectivity index (χ1v) is 12.3. The number of sulfonamides is 1. The van der Waals surface area contributed by atoms with Crippen molar-refractivity contribution in [2.24, 2.45) is 11.8 Å². The average molecular weight is 463 g/mol. The lowest BCUT2D eigenvalue weighted by Gasteiger charge is -2.32. The molecule has 0 saturated carbocycles. The largest absolute Gasteiger partial charge is 0.497 e. The molecule has 8 heteroatoms. The van der Waals surface area contributed by atoms with Gasteiger partial charge >= 0.3 is 0 Å². The van der Waals surface area contributed by atoms with E-state index in [1.165, 1.54) is 16.4 Å². The Morgan fingerprint density at radius 3 is 2.22 bits per heavy atom. The molecule has 0 radical (unpaired) electrons. The van der Waals surface area contributed by atoms with Gasteiger partial charge in [-0.15, -0.1) is 0 Å². The topological polar surface area (TPSA) is 75.7 Å². The van der Waals surface area contributed by atoms with Crippen molar-refractivity contribution in [2.75, 3.05) is 20.2 Å². The smallest absolute Gasteiger partial charge is 0.243 e. The lowest BCUT2D eigenvalue weighted by Crippen LogP contribution is -2.43. The maximum Gasteiger partial charge on any atom is 0.243 e. The quantitative estimate of drug-likeness (QED) is 0.640. The number of amides is 1. The molecule has 1 fully saturated rings. The van der Waals surface area contributed by atoms with Crippen molar-refractivity contribution in [3.05, 3.63) is 59.9 Å². The first-order chi connectivity index (χ1) is 15.2. The number of hydrogen-bond acceptors (Lipinski definition) is 4. The van der Waals surface area contributed by atoms with Crippen molar-refractivity contribution in [1.29, 1.82) is 0 Å². The van der Waals surface area contributed by atoms with E-state index in [4.69, 9.17) is 4.74 Å². The van der Waals surface area contributed by atoms with Gasteiger partial charge in [-0.05, 0) is 67.1 Å². The Bertz CT molecular complexity index is 999. The average Bonchev–Trinajstić information content (AvgIpc) is 2.78. The van der Waals surface area contributed by atoms with Crippen molar-refractivity contribution < 1.29 is 22.3 Å². The summed E-state index contributed by atoms with van der Waals surface area (Å²) in [6.07, 6.45) is 1.70. The van der Waals surface area contributed by atoms with E-state index in [0.717, 1.165) is 29.9 Å². The maximum atomic E-state index is 13.1. The number of rotatable bonds is 8. The summed E-state index contributed by atoms with van der Waals surface area (Å²) < 4.78 is 45.3. The minimum atomic E-state index is -3.69. The van der Waals surface area contributed by atoms with E-state index in [-0.39, 0.29) is 35.9 Å². The highest BCUT2D eigenvalue weighted by Gasteiger charge is 2.33. The second-order valence-corrected chi connectivity index (χ2v) is 10.5. The van der Waals surface area contributed by atoms with Gasteiger partial charge in [0.2, 0.25) is 15.9 Å². The number of benzene rings is 2. The van der Waals surface area contributed by atoms with Crippen molar-refractivity contribution in [1.82, 2.24) is 9.62 Å². The van der Waals surface area contributed by atoms with Crippen LogP contribution in [0.15, 0.2) is 53.4 Å². The van der Waals surface area contributed by atoms with E-state index in [9.17, 15) is 17.6 Å². The lowest BCUT2D eigenvalue weighted by atomic mass is 9.93. The minimum Gasteiger partial charge on any atom is -0.497 e. The molecule has 0 aromatic heterocycles. The van der Waals surface area contributed by atoms with Gasteiger partial charge in [0.05, 0.1) is 18.0 Å². The molecular weight excluding hydrogens is 431 g/mol. The van der Waals surface area contributed by atoms with Gasteiger partial charge in [-0.3, -0.25) is 4.79 Å². The van der Waals surface area contributed by atoms with Crippen LogP contribution in [0.4, 0.5) is 4.39 Å². The Kier molecular flexibility index (Phi) is 7.90. The molecule has 1 saturated heterocycles. The summed E-state index contributed by atoms with van der Waals surface area (Å²) in [6, 6.07) is 12.4. The van der Waals surface area contributed by atoms with Crippen LogP contribution in [0.1, 0.15) is 44.7 Å². The second kappa shape index (κ2) is 10.4. The van der Waals surface area contributed by atoms with E-state index < -0.39 is 15.8 Å². The van der Waals surface area contributed by atoms with Crippen molar-refractivity contribution in [3.8, 4) is 5.75 Å². The van der Waals surface area contributed by atoms with E-state index in [0.29, 0.717) is 18.8 Å². The Balaban J connectivity index is 1.63. The molecule has 1 heterocycles. The number of carbonyl (C=O) groups excluding carboxylic acids is 1. The number of hydrogen-bond donors (Lipinski definition) is 1. The zero-order chi connectivity index (χ0) is 23.3. The lowest BCUT2D eigenvalue weighted by molar-refractivity contribution is -0.127. The van der Waals surface area contributed by atoms with Crippen molar-refractivity contribution in [3.63, 3.8) is 0 Å². The summed E-state index contributed by atoms with van der Waals surface area (Å²) in [6.45, 7) is 4.74. The molecule has 2 aromatic carbocycles. The first-order valence-electron chi connectivity index (χ1n) is 10.9. The van der Waals surface area contributed by atoms with Crippen LogP contribution < -0.4 is 10.1 Å². The van der Waals surface area contributed by atoms with Crippen molar-refractivity contribution >= 4 is 15.9 Å². The third-order valence-corrected chi connectivity index (χ3v) is 7.73. The van der Waals surface area contributed by atoms with Crippen LogP contribution in [0.2, 0.25) is 0 Å². The molecule has 1 unspecified atom stereocenters. The zero-order valence-electron chi connectivity index (χ0n) is 18.8. The number of halogens is 1. The van der Waals surface area contributed by atoms with Gasteiger partial charge in [0.25, 0.3) is 0 Å². The fraction of sp³-hybridized carbons (Fsp3) is 0.458. The van der Waals surface area contributed by atoms with Crippen LogP contribution in [0, 0.1) is 17.7 Å². The van der Waals surface area contributed by atoms with Crippen LogP contribution in [-0.2, 0) is 14.8 Å². The predicted molar refractivity (Wildman–Crippen MR) is 121 cm³/mol. The fourth-order valence-electron chi connectivity index (χ4n) is 3.99. The molecule has 1 N–H and O–H groups in total. The summed E-state index contributed by atoms with van der Waals surface area (Å²) in [4.78, 5) is 13.1.